The molecule has 1 heterocycles. The highest BCUT2D eigenvalue weighted by Crippen LogP contribution is 2.31. The molecule has 1 rings (SSSR count). The fourth-order valence-corrected chi connectivity index (χ4v) is 1.75. The maximum absolute atomic E-state index is 12.8. The molecule has 0 aliphatic rings. The van der Waals surface area contributed by atoms with Gasteiger partial charge in [0.25, 0.3) is 0 Å². The Morgan fingerprint density at radius 2 is 1.95 bits per heavy atom. The summed E-state index contributed by atoms with van der Waals surface area (Å²) < 4.78 is 38.3. The van der Waals surface area contributed by atoms with Gasteiger partial charge in [-0.05, 0) is 32.5 Å². The topological polar surface area (TPSA) is 66.2 Å². The minimum atomic E-state index is -4.43. The molecule has 0 spiro atoms. The van der Waals surface area contributed by atoms with Gasteiger partial charge in [0, 0.05) is 19.1 Å². The van der Waals surface area contributed by atoms with Crippen LogP contribution in [0.5, 0.6) is 0 Å². The second kappa shape index (κ2) is 7.46. The van der Waals surface area contributed by atoms with E-state index in [1.807, 2.05) is 7.05 Å². The maximum Gasteiger partial charge on any atom is 0.416 e. The highest BCUT2D eigenvalue weighted by molar-refractivity contribution is 5.49. The van der Waals surface area contributed by atoms with Crippen molar-refractivity contribution in [3.8, 4) is 0 Å². The fraction of sp³-hybridized carbons (Fsp3) is 0.615. The second-order valence-corrected chi connectivity index (χ2v) is 4.93. The van der Waals surface area contributed by atoms with Gasteiger partial charge in [0.15, 0.2) is 0 Å². The Hall–Kier alpha value is -1.54. The summed E-state index contributed by atoms with van der Waals surface area (Å²) in [6, 6.07) is 2.27. The van der Waals surface area contributed by atoms with Crippen LogP contribution in [0.1, 0.15) is 25.8 Å². The van der Waals surface area contributed by atoms with Crippen molar-refractivity contribution in [3.05, 3.63) is 17.7 Å². The molecule has 120 valence electrons. The van der Waals surface area contributed by atoms with Gasteiger partial charge in [-0.25, -0.2) is 10.8 Å². The van der Waals surface area contributed by atoms with Crippen molar-refractivity contribution >= 4 is 11.6 Å². The van der Waals surface area contributed by atoms with Crippen LogP contribution >= 0.6 is 0 Å². The summed E-state index contributed by atoms with van der Waals surface area (Å²) in [5.41, 5.74) is 1.36. The number of nitrogen functional groups attached to an aromatic ring is 1. The Labute approximate surface area is 122 Å². The molecule has 0 aliphatic carbocycles. The normalized spacial score (nSPS) is 13.3. The molecule has 0 aliphatic heterocycles. The number of aromatic nitrogens is 1. The van der Waals surface area contributed by atoms with Crippen molar-refractivity contribution in [2.45, 2.75) is 32.5 Å². The number of anilines is 2. The predicted molar refractivity (Wildman–Crippen MR) is 77.9 cm³/mol. The van der Waals surface area contributed by atoms with Gasteiger partial charge in [-0.1, -0.05) is 6.92 Å². The minimum Gasteiger partial charge on any atom is -0.369 e. The fourth-order valence-electron chi connectivity index (χ4n) is 1.75. The van der Waals surface area contributed by atoms with Crippen molar-refractivity contribution in [1.29, 1.82) is 0 Å². The van der Waals surface area contributed by atoms with E-state index in [1.54, 1.807) is 0 Å². The molecule has 1 aromatic heterocycles. The van der Waals surface area contributed by atoms with Gasteiger partial charge in [-0.3, -0.25) is 0 Å². The highest BCUT2D eigenvalue weighted by atomic mass is 19.4. The van der Waals surface area contributed by atoms with E-state index in [4.69, 9.17) is 5.84 Å². The van der Waals surface area contributed by atoms with Gasteiger partial charge in [0.2, 0.25) is 0 Å². The van der Waals surface area contributed by atoms with Crippen LogP contribution in [0, 0.1) is 0 Å². The van der Waals surface area contributed by atoms with Gasteiger partial charge in [-0.15, -0.1) is 0 Å². The van der Waals surface area contributed by atoms with E-state index < -0.39 is 11.7 Å². The number of hydrogen-bond acceptors (Lipinski definition) is 5. The lowest BCUT2D eigenvalue weighted by molar-refractivity contribution is -0.137. The third kappa shape index (κ3) is 5.39. The van der Waals surface area contributed by atoms with Crippen molar-refractivity contribution in [3.63, 3.8) is 0 Å². The minimum absolute atomic E-state index is 0.0254. The van der Waals surface area contributed by atoms with E-state index >= 15 is 0 Å². The largest absolute Gasteiger partial charge is 0.416 e. The first kappa shape index (κ1) is 17.5. The summed E-state index contributed by atoms with van der Waals surface area (Å²) in [6.45, 7) is 5.39. The molecule has 8 heteroatoms. The van der Waals surface area contributed by atoms with E-state index in [0.29, 0.717) is 19.1 Å². The van der Waals surface area contributed by atoms with Crippen LogP contribution in [-0.4, -0.2) is 36.1 Å². The lowest BCUT2D eigenvalue weighted by Crippen LogP contribution is -2.32. The third-order valence-corrected chi connectivity index (χ3v) is 3.41. The first-order chi connectivity index (χ1) is 9.77. The Balaban J connectivity index is 2.71. The summed E-state index contributed by atoms with van der Waals surface area (Å²) in [5, 5.41) is 2.89. The first-order valence-electron chi connectivity index (χ1n) is 6.78. The zero-order chi connectivity index (χ0) is 16.0. The molecule has 1 atom stereocenters. The molecule has 0 amide bonds. The SMILES string of the molecule is CCC(C)N(C)CCNc1cc(C(F)(F)F)cc(NN)n1. The van der Waals surface area contributed by atoms with Crippen LogP contribution < -0.4 is 16.6 Å². The lowest BCUT2D eigenvalue weighted by Gasteiger charge is -2.23. The molecule has 1 aromatic rings. The van der Waals surface area contributed by atoms with Gasteiger partial charge >= 0.3 is 6.18 Å². The average Bonchev–Trinajstić information content (AvgIpc) is 2.44. The summed E-state index contributed by atoms with van der Waals surface area (Å²) in [5.74, 6) is 5.27. The van der Waals surface area contributed by atoms with Crippen molar-refractivity contribution in [2.24, 2.45) is 5.84 Å². The summed E-state index contributed by atoms with van der Waals surface area (Å²) in [6.07, 6.45) is -3.42. The van der Waals surface area contributed by atoms with E-state index in [-0.39, 0.29) is 11.6 Å². The average molecular weight is 305 g/mol. The van der Waals surface area contributed by atoms with Crippen LogP contribution in [0.15, 0.2) is 12.1 Å². The lowest BCUT2D eigenvalue weighted by atomic mass is 10.2. The highest BCUT2D eigenvalue weighted by Gasteiger charge is 2.31. The van der Waals surface area contributed by atoms with Crippen molar-refractivity contribution in [1.82, 2.24) is 9.88 Å². The molecule has 0 saturated heterocycles. The number of halogens is 3. The zero-order valence-electron chi connectivity index (χ0n) is 12.5. The van der Waals surface area contributed by atoms with Gasteiger partial charge in [0.1, 0.15) is 11.6 Å². The number of nitrogens with zero attached hydrogens (tertiary/aromatic N) is 2. The molecular formula is C13H22F3N5. The van der Waals surface area contributed by atoms with Crippen LogP contribution in [0.4, 0.5) is 24.8 Å². The van der Waals surface area contributed by atoms with Crippen molar-refractivity contribution < 1.29 is 13.2 Å². The van der Waals surface area contributed by atoms with Crippen LogP contribution in [0.25, 0.3) is 0 Å². The quantitative estimate of drug-likeness (QED) is 0.533. The predicted octanol–water partition coefficient (Wildman–Crippen LogP) is 2.53. The molecule has 21 heavy (non-hydrogen) atoms. The molecule has 1 unspecified atom stereocenters. The smallest absolute Gasteiger partial charge is 0.369 e. The first-order valence-corrected chi connectivity index (χ1v) is 6.78. The van der Waals surface area contributed by atoms with Gasteiger partial charge in [-0.2, -0.15) is 13.2 Å². The molecule has 0 aromatic carbocycles. The number of pyridine rings is 1. The second-order valence-electron chi connectivity index (χ2n) is 4.93. The van der Waals surface area contributed by atoms with Crippen molar-refractivity contribution in [2.75, 3.05) is 30.9 Å². The van der Waals surface area contributed by atoms with Crippen LogP contribution in [0.3, 0.4) is 0 Å². The molecule has 0 radical (unpaired) electrons. The summed E-state index contributed by atoms with van der Waals surface area (Å²) in [4.78, 5) is 6.09. The maximum atomic E-state index is 12.8. The number of likely N-dealkylation sites (N-methyl/N-ethyl adjacent to an activating group) is 1. The van der Waals surface area contributed by atoms with Crippen LogP contribution in [-0.2, 0) is 6.18 Å². The monoisotopic (exact) mass is 305 g/mol. The van der Waals surface area contributed by atoms with E-state index in [9.17, 15) is 13.2 Å². The van der Waals surface area contributed by atoms with Gasteiger partial charge < -0.3 is 15.6 Å². The summed E-state index contributed by atoms with van der Waals surface area (Å²) >= 11 is 0. The standard InChI is InChI=1S/C13H22F3N5/c1-4-9(2)21(3)6-5-18-11-7-10(13(14,15)16)8-12(19-11)20-17/h7-9H,4-6,17H2,1-3H3,(H2,18,19,20). The molecule has 4 N–H and O–H groups in total. The number of alkyl halides is 3. The Kier molecular flexibility index (Phi) is 6.22. The molecule has 0 fully saturated rings. The zero-order valence-corrected chi connectivity index (χ0v) is 12.5. The number of hydrazine groups is 1. The van der Waals surface area contributed by atoms with E-state index in [0.717, 1.165) is 18.6 Å². The van der Waals surface area contributed by atoms with Crippen LogP contribution in [0.2, 0.25) is 0 Å². The Bertz CT molecular complexity index is 450. The molecule has 0 saturated carbocycles. The number of rotatable bonds is 7. The third-order valence-electron chi connectivity index (χ3n) is 3.41. The van der Waals surface area contributed by atoms with Gasteiger partial charge in [0.05, 0.1) is 5.56 Å². The number of nitrogens with one attached hydrogen (secondary N) is 2. The van der Waals surface area contributed by atoms with E-state index in [2.05, 4.69) is 34.5 Å². The Morgan fingerprint density at radius 3 is 2.48 bits per heavy atom. The number of nitrogens with two attached hydrogens (primary N) is 1. The molecule has 0 bridgehead atoms. The Morgan fingerprint density at radius 1 is 1.33 bits per heavy atom. The summed E-state index contributed by atoms with van der Waals surface area (Å²) in [7, 11) is 1.97. The molecular weight excluding hydrogens is 283 g/mol. The number of hydrogen-bond donors (Lipinski definition) is 3. The molecule has 5 nitrogen and oxygen atoms in total. The van der Waals surface area contributed by atoms with E-state index in [1.165, 1.54) is 0 Å².